The SMILES string of the molecule is CCCCCCOC(CSc1ccc(Cl)cc1)Cn1ccnc1. The van der Waals surface area contributed by atoms with Gasteiger partial charge in [-0.05, 0) is 30.7 Å². The Bertz CT molecular complexity index is 530. The van der Waals surface area contributed by atoms with E-state index in [1.54, 1.807) is 0 Å². The normalized spacial score (nSPS) is 12.4. The molecule has 0 spiro atoms. The first-order valence-electron chi connectivity index (χ1n) is 8.23. The van der Waals surface area contributed by atoms with Crippen LogP contribution < -0.4 is 0 Å². The number of thioether (sulfide) groups is 1. The van der Waals surface area contributed by atoms with Crippen molar-refractivity contribution in [3.8, 4) is 0 Å². The predicted molar refractivity (Wildman–Crippen MR) is 98.3 cm³/mol. The van der Waals surface area contributed by atoms with Gasteiger partial charge < -0.3 is 9.30 Å². The largest absolute Gasteiger partial charge is 0.375 e. The molecule has 1 atom stereocenters. The van der Waals surface area contributed by atoms with Crippen LogP contribution in [0.15, 0.2) is 47.9 Å². The molecule has 23 heavy (non-hydrogen) atoms. The summed E-state index contributed by atoms with van der Waals surface area (Å²) in [6.07, 6.45) is 10.8. The van der Waals surface area contributed by atoms with Crippen LogP contribution >= 0.6 is 23.4 Å². The average Bonchev–Trinajstić information content (AvgIpc) is 3.06. The standard InChI is InChI=1S/C18H25ClN2OS/c1-2-3-4-5-12-22-17(13-21-11-10-20-15-21)14-23-18-8-6-16(19)7-9-18/h6-11,15,17H,2-5,12-14H2,1H3. The van der Waals surface area contributed by atoms with E-state index >= 15 is 0 Å². The molecular weight excluding hydrogens is 328 g/mol. The van der Waals surface area contributed by atoms with Crippen LogP contribution in [0.1, 0.15) is 32.6 Å². The molecule has 0 fully saturated rings. The highest BCUT2D eigenvalue weighted by molar-refractivity contribution is 7.99. The lowest BCUT2D eigenvalue weighted by Gasteiger charge is -2.18. The first-order valence-corrected chi connectivity index (χ1v) is 9.60. The fraction of sp³-hybridized carbons (Fsp3) is 0.500. The minimum Gasteiger partial charge on any atom is -0.375 e. The van der Waals surface area contributed by atoms with Gasteiger partial charge in [-0.15, -0.1) is 11.8 Å². The average molecular weight is 353 g/mol. The molecule has 0 N–H and O–H groups in total. The highest BCUT2D eigenvalue weighted by Gasteiger charge is 2.11. The second-order valence-corrected chi connectivity index (χ2v) is 7.11. The van der Waals surface area contributed by atoms with E-state index in [1.165, 1.54) is 24.2 Å². The van der Waals surface area contributed by atoms with Gasteiger partial charge in [0.1, 0.15) is 0 Å². The molecule has 0 radical (unpaired) electrons. The summed E-state index contributed by atoms with van der Waals surface area (Å²) in [4.78, 5) is 5.33. The predicted octanol–water partition coefficient (Wildman–Crippen LogP) is 5.29. The molecule has 0 aliphatic heterocycles. The Labute approximate surface area is 148 Å². The van der Waals surface area contributed by atoms with E-state index in [-0.39, 0.29) is 6.10 Å². The summed E-state index contributed by atoms with van der Waals surface area (Å²) in [6, 6.07) is 7.98. The first-order chi connectivity index (χ1) is 11.3. The van der Waals surface area contributed by atoms with Crippen molar-refractivity contribution in [1.29, 1.82) is 0 Å². The van der Waals surface area contributed by atoms with E-state index in [4.69, 9.17) is 16.3 Å². The van der Waals surface area contributed by atoms with Crippen LogP contribution in [-0.4, -0.2) is 28.0 Å². The molecule has 3 nitrogen and oxygen atoms in total. The number of hydrogen-bond donors (Lipinski definition) is 0. The fourth-order valence-corrected chi connectivity index (χ4v) is 3.32. The Morgan fingerprint density at radius 3 is 2.74 bits per heavy atom. The van der Waals surface area contributed by atoms with Crippen molar-refractivity contribution < 1.29 is 4.74 Å². The quantitative estimate of drug-likeness (QED) is 0.406. The molecule has 126 valence electrons. The van der Waals surface area contributed by atoms with Gasteiger partial charge in [0.05, 0.1) is 19.0 Å². The van der Waals surface area contributed by atoms with Crippen molar-refractivity contribution in [2.45, 2.75) is 50.2 Å². The van der Waals surface area contributed by atoms with Crippen molar-refractivity contribution in [2.75, 3.05) is 12.4 Å². The van der Waals surface area contributed by atoms with E-state index in [1.807, 2.05) is 42.6 Å². The van der Waals surface area contributed by atoms with Crippen LogP contribution in [0.2, 0.25) is 5.02 Å². The lowest BCUT2D eigenvalue weighted by Crippen LogP contribution is -2.23. The Hall–Kier alpha value is -0.970. The van der Waals surface area contributed by atoms with E-state index < -0.39 is 0 Å². The number of unbranched alkanes of at least 4 members (excludes halogenated alkanes) is 3. The minimum atomic E-state index is 0.187. The van der Waals surface area contributed by atoms with Crippen LogP contribution in [0.25, 0.3) is 0 Å². The Kier molecular flexibility index (Phi) is 8.58. The summed E-state index contributed by atoms with van der Waals surface area (Å²) in [5.74, 6) is 0.924. The maximum atomic E-state index is 6.11. The number of imidazole rings is 1. The molecule has 0 bridgehead atoms. The molecule has 0 amide bonds. The van der Waals surface area contributed by atoms with Crippen LogP contribution in [0.5, 0.6) is 0 Å². The third-order valence-electron chi connectivity index (χ3n) is 3.57. The molecule has 1 aromatic heterocycles. The summed E-state index contributed by atoms with van der Waals surface area (Å²) in [5, 5.41) is 0.775. The first kappa shape index (κ1) is 18.4. The van der Waals surface area contributed by atoms with Crippen molar-refractivity contribution in [2.24, 2.45) is 0 Å². The van der Waals surface area contributed by atoms with Gasteiger partial charge >= 0.3 is 0 Å². The van der Waals surface area contributed by atoms with Crippen LogP contribution in [0, 0.1) is 0 Å². The van der Waals surface area contributed by atoms with Gasteiger partial charge in [-0.25, -0.2) is 4.98 Å². The number of rotatable bonds is 11. The fourth-order valence-electron chi connectivity index (χ4n) is 2.28. The Morgan fingerprint density at radius 2 is 2.04 bits per heavy atom. The van der Waals surface area contributed by atoms with Gasteiger partial charge in [0.25, 0.3) is 0 Å². The second-order valence-electron chi connectivity index (χ2n) is 5.58. The molecular formula is C18H25ClN2OS. The monoisotopic (exact) mass is 352 g/mol. The summed E-state index contributed by atoms with van der Waals surface area (Å²) in [7, 11) is 0. The van der Waals surface area contributed by atoms with Crippen LogP contribution in [-0.2, 0) is 11.3 Å². The highest BCUT2D eigenvalue weighted by Crippen LogP contribution is 2.22. The highest BCUT2D eigenvalue weighted by atomic mass is 35.5. The minimum absolute atomic E-state index is 0.187. The lowest BCUT2D eigenvalue weighted by molar-refractivity contribution is 0.0548. The summed E-state index contributed by atoms with van der Waals surface area (Å²) >= 11 is 7.75. The van der Waals surface area contributed by atoms with Gasteiger partial charge in [0, 0.05) is 34.7 Å². The second kappa shape index (κ2) is 10.7. The van der Waals surface area contributed by atoms with Gasteiger partial charge in [0.2, 0.25) is 0 Å². The van der Waals surface area contributed by atoms with Crippen molar-refractivity contribution >= 4 is 23.4 Å². The zero-order valence-electron chi connectivity index (χ0n) is 13.7. The number of ether oxygens (including phenoxy) is 1. The van der Waals surface area contributed by atoms with Gasteiger partial charge in [-0.3, -0.25) is 0 Å². The van der Waals surface area contributed by atoms with Crippen molar-refractivity contribution in [3.63, 3.8) is 0 Å². The summed E-state index contributed by atoms with van der Waals surface area (Å²) in [6.45, 7) is 3.90. The van der Waals surface area contributed by atoms with Gasteiger partial charge in [-0.2, -0.15) is 0 Å². The van der Waals surface area contributed by atoms with E-state index in [2.05, 4.69) is 28.6 Å². The molecule has 0 saturated heterocycles. The number of halogens is 1. The maximum absolute atomic E-state index is 6.11. The van der Waals surface area contributed by atoms with Crippen LogP contribution in [0.4, 0.5) is 0 Å². The molecule has 2 rings (SSSR count). The summed E-state index contributed by atoms with van der Waals surface area (Å²) in [5.41, 5.74) is 0. The maximum Gasteiger partial charge on any atom is 0.0946 e. The number of hydrogen-bond acceptors (Lipinski definition) is 3. The van der Waals surface area contributed by atoms with Gasteiger partial charge in [-0.1, -0.05) is 37.8 Å². The van der Waals surface area contributed by atoms with Crippen LogP contribution in [0.3, 0.4) is 0 Å². The summed E-state index contributed by atoms with van der Waals surface area (Å²) < 4.78 is 8.19. The molecule has 0 aliphatic carbocycles. The number of benzene rings is 1. The third-order valence-corrected chi connectivity index (χ3v) is 4.97. The smallest absolute Gasteiger partial charge is 0.0946 e. The zero-order valence-corrected chi connectivity index (χ0v) is 15.2. The van der Waals surface area contributed by atoms with E-state index in [9.17, 15) is 0 Å². The van der Waals surface area contributed by atoms with Crippen molar-refractivity contribution in [1.82, 2.24) is 9.55 Å². The molecule has 1 unspecified atom stereocenters. The molecule has 5 heteroatoms. The number of aromatic nitrogens is 2. The Balaban J connectivity index is 1.80. The zero-order chi connectivity index (χ0) is 16.3. The van der Waals surface area contributed by atoms with E-state index in [0.717, 1.165) is 30.3 Å². The molecule has 2 aromatic rings. The van der Waals surface area contributed by atoms with Gasteiger partial charge in [0.15, 0.2) is 0 Å². The molecule has 1 aromatic carbocycles. The topological polar surface area (TPSA) is 27.1 Å². The third kappa shape index (κ3) is 7.42. The Morgan fingerprint density at radius 1 is 1.22 bits per heavy atom. The lowest BCUT2D eigenvalue weighted by atomic mass is 10.2. The molecule has 1 heterocycles. The molecule has 0 aliphatic rings. The van der Waals surface area contributed by atoms with Crippen molar-refractivity contribution in [3.05, 3.63) is 48.0 Å². The molecule has 0 saturated carbocycles. The van der Waals surface area contributed by atoms with E-state index in [0.29, 0.717) is 0 Å². The number of nitrogens with zero attached hydrogens (tertiary/aromatic N) is 2.